The predicted molar refractivity (Wildman–Crippen MR) is 113 cm³/mol. The third-order valence-corrected chi connectivity index (χ3v) is 6.14. The van der Waals surface area contributed by atoms with Gasteiger partial charge in [-0.25, -0.2) is 4.98 Å². The molecule has 0 radical (unpaired) electrons. The van der Waals surface area contributed by atoms with Crippen molar-refractivity contribution in [2.75, 3.05) is 19.7 Å². The van der Waals surface area contributed by atoms with E-state index in [0.717, 1.165) is 28.1 Å². The van der Waals surface area contributed by atoms with E-state index in [2.05, 4.69) is 5.32 Å². The van der Waals surface area contributed by atoms with Crippen molar-refractivity contribution >= 4 is 33.4 Å². The molecule has 150 valence electrons. The molecule has 1 unspecified atom stereocenters. The van der Waals surface area contributed by atoms with Crippen LogP contribution >= 0.6 is 11.3 Å². The van der Waals surface area contributed by atoms with Crippen LogP contribution in [0, 0.1) is 0 Å². The largest absolute Gasteiger partial charge is 0.493 e. The highest BCUT2D eigenvalue weighted by Gasteiger charge is 2.32. The van der Waals surface area contributed by atoms with Crippen LogP contribution in [0.1, 0.15) is 41.2 Å². The molecule has 1 atom stereocenters. The zero-order valence-electron chi connectivity index (χ0n) is 16.3. The number of carbonyl (C=O) groups excluding carboxylic acids is 2. The summed E-state index contributed by atoms with van der Waals surface area (Å²) in [6, 6.07) is 15.0. The van der Waals surface area contributed by atoms with Crippen LogP contribution < -0.4 is 10.1 Å². The number of thiazole rings is 1. The molecule has 29 heavy (non-hydrogen) atoms. The van der Waals surface area contributed by atoms with Crippen LogP contribution in [-0.4, -0.2) is 41.4 Å². The van der Waals surface area contributed by atoms with Crippen molar-refractivity contribution in [3.63, 3.8) is 0 Å². The zero-order chi connectivity index (χ0) is 20.2. The summed E-state index contributed by atoms with van der Waals surface area (Å²) in [7, 11) is 0. The van der Waals surface area contributed by atoms with Crippen molar-refractivity contribution in [3.05, 3.63) is 59.1 Å². The number of ether oxygens (including phenoxy) is 1. The van der Waals surface area contributed by atoms with Crippen molar-refractivity contribution < 1.29 is 14.3 Å². The Morgan fingerprint density at radius 2 is 2.00 bits per heavy atom. The first-order valence-electron chi connectivity index (χ1n) is 9.82. The van der Waals surface area contributed by atoms with Crippen molar-refractivity contribution in [3.8, 4) is 5.75 Å². The van der Waals surface area contributed by atoms with E-state index in [1.165, 1.54) is 0 Å². The average Bonchev–Trinajstić information content (AvgIpc) is 3.39. The number of hydrogen-bond donors (Lipinski definition) is 1. The highest BCUT2D eigenvalue weighted by atomic mass is 32.1. The molecule has 1 aliphatic rings. The summed E-state index contributed by atoms with van der Waals surface area (Å²) in [5.74, 6) is 0.126. The fourth-order valence-corrected chi connectivity index (χ4v) is 4.76. The van der Waals surface area contributed by atoms with Gasteiger partial charge in [0.05, 0.1) is 35.0 Å². The van der Waals surface area contributed by atoms with Gasteiger partial charge in [-0.15, -0.1) is 11.3 Å². The number of nitrogens with one attached hydrogen (secondary N) is 1. The molecular formula is C22H23N3O3S. The molecule has 1 aliphatic heterocycles. The number of likely N-dealkylation sites (tertiary alicyclic amines) is 1. The molecule has 2 amide bonds. The van der Waals surface area contributed by atoms with Gasteiger partial charge in [0.2, 0.25) is 5.91 Å². The Labute approximate surface area is 173 Å². The Bertz CT molecular complexity index is 1000. The van der Waals surface area contributed by atoms with Gasteiger partial charge in [-0.05, 0) is 44.0 Å². The normalized spacial score (nSPS) is 16.2. The van der Waals surface area contributed by atoms with Gasteiger partial charge in [-0.1, -0.05) is 24.3 Å². The van der Waals surface area contributed by atoms with E-state index < -0.39 is 0 Å². The van der Waals surface area contributed by atoms with Crippen LogP contribution in [-0.2, 0) is 4.79 Å². The summed E-state index contributed by atoms with van der Waals surface area (Å²) in [6.45, 7) is 2.99. The molecule has 1 fully saturated rings. The van der Waals surface area contributed by atoms with Crippen LogP contribution in [0.25, 0.3) is 10.2 Å². The van der Waals surface area contributed by atoms with Gasteiger partial charge >= 0.3 is 0 Å². The summed E-state index contributed by atoms with van der Waals surface area (Å²) < 4.78 is 6.63. The number of benzene rings is 2. The number of aromatic nitrogens is 1. The molecule has 0 aliphatic carbocycles. The Morgan fingerprint density at radius 1 is 1.21 bits per heavy atom. The average molecular weight is 410 g/mol. The van der Waals surface area contributed by atoms with Gasteiger partial charge in [0.1, 0.15) is 10.8 Å². The molecule has 1 aromatic heterocycles. The molecular weight excluding hydrogens is 386 g/mol. The topological polar surface area (TPSA) is 71.5 Å². The van der Waals surface area contributed by atoms with E-state index in [0.29, 0.717) is 24.5 Å². The van der Waals surface area contributed by atoms with Crippen molar-refractivity contribution in [2.45, 2.75) is 25.8 Å². The lowest BCUT2D eigenvalue weighted by atomic mass is 10.2. The number of amides is 2. The predicted octanol–water partition coefficient (Wildman–Crippen LogP) is 3.79. The summed E-state index contributed by atoms with van der Waals surface area (Å²) in [4.78, 5) is 32.0. The number of hydrogen-bond acceptors (Lipinski definition) is 5. The molecule has 2 aromatic carbocycles. The Hall–Kier alpha value is -2.93. The zero-order valence-corrected chi connectivity index (χ0v) is 17.1. The van der Waals surface area contributed by atoms with E-state index in [1.54, 1.807) is 29.5 Å². The third-order valence-electron chi connectivity index (χ3n) is 5.00. The SMILES string of the molecule is CCOc1ccccc1C(=O)NCC(=O)N1CCCC1c1nc2ccccc2s1. The minimum absolute atomic E-state index is 0.0208. The quantitative estimate of drug-likeness (QED) is 0.672. The summed E-state index contributed by atoms with van der Waals surface area (Å²) in [5, 5.41) is 3.71. The van der Waals surface area contributed by atoms with Gasteiger partial charge < -0.3 is 15.0 Å². The first-order chi connectivity index (χ1) is 14.2. The van der Waals surface area contributed by atoms with E-state index in [1.807, 2.05) is 42.2 Å². The lowest BCUT2D eigenvalue weighted by molar-refractivity contribution is -0.131. The second-order valence-electron chi connectivity index (χ2n) is 6.88. The molecule has 1 N–H and O–H groups in total. The van der Waals surface area contributed by atoms with Crippen LogP contribution in [0.5, 0.6) is 5.75 Å². The number of rotatable bonds is 6. The molecule has 0 saturated carbocycles. The molecule has 4 rings (SSSR count). The second-order valence-corrected chi connectivity index (χ2v) is 7.94. The van der Waals surface area contributed by atoms with Crippen molar-refractivity contribution in [2.24, 2.45) is 0 Å². The molecule has 6 nitrogen and oxygen atoms in total. The highest BCUT2D eigenvalue weighted by Crippen LogP contribution is 2.36. The second kappa shape index (κ2) is 8.61. The molecule has 3 aromatic rings. The fourth-order valence-electron chi connectivity index (χ4n) is 3.64. The maximum Gasteiger partial charge on any atom is 0.255 e. The van der Waals surface area contributed by atoms with Crippen LogP contribution in [0.4, 0.5) is 0 Å². The third kappa shape index (κ3) is 4.10. The monoisotopic (exact) mass is 409 g/mol. The molecule has 0 spiro atoms. The highest BCUT2D eigenvalue weighted by molar-refractivity contribution is 7.18. The Balaban J connectivity index is 1.43. The summed E-state index contributed by atoms with van der Waals surface area (Å²) in [5.41, 5.74) is 1.40. The van der Waals surface area contributed by atoms with E-state index in [-0.39, 0.29) is 24.4 Å². The van der Waals surface area contributed by atoms with Gasteiger partial charge in [0.15, 0.2) is 0 Å². The van der Waals surface area contributed by atoms with Crippen LogP contribution in [0.3, 0.4) is 0 Å². The number of carbonyl (C=O) groups is 2. The molecule has 1 saturated heterocycles. The maximum absolute atomic E-state index is 12.8. The Kier molecular flexibility index (Phi) is 5.76. The maximum atomic E-state index is 12.8. The van der Waals surface area contributed by atoms with E-state index >= 15 is 0 Å². The van der Waals surface area contributed by atoms with Crippen molar-refractivity contribution in [1.82, 2.24) is 15.2 Å². The molecule has 0 bridgehead atoms. The van der Waals surface area contributed by atoms with Gasteiger partial charge in [0.25, 0.3) is 5.91 Å². The Morgan fingerprint density at radius 3 is 2.83 bits per heavy atom. The van der Waals surface area contributed by atoms with E-state index in [4.69, 9.17) is 9.72 Å². The minimum Gasteiger partial charge on any atom is -0.493 e. The lowest BCUT2D eigenvalue weighted by Gasteiger charge is -2.23. The van der Waals surface area contributed by atoms with Crippen LogP contribution in [0.15, 0.2) is 48.5 Å². The first kappa shape index (κ1) is 19.4. The van der Waals surface area contributed by atoms with Gasteiger partial charge in [-0.2, -0.15) is 0 Å². The van der Waals surface area contributed by atoms with Crippen LogP contribution in [0.2, 0.25) is 0 Å². The van der Waals surface area contributed by atoms with Gasteiger partial charge in [-0.3, -0.25) is 9.59 Å². The molecule has 7 heteroatoms. The number of nitrogens with zero attached hydrogens (tertiary/aromatic N) is 2. The fraction of sp³-hybridized carbons (Fsp3) is 0.318. The smallest absolute Gasteiger partial charge is 0.255 e. The summed E-state index contributed by atoms with van der Waals surface area (Å²) >= 11 is 1.64. The first-order valence-corrected chi connectivity index (χ1v) is 10.6. The van der Waals surface area contributed by atoms with Crippen molar-refractivity contribution in [1.29, 1.82) is 0 Å². The summed E-state index contributed by atoms with van der Waals surface area (Å²) in [6.07, 6.45) is 1.83. The molecule has 2 heterocycles. The number of fused-ring (bicyclic) bond motifs is 1. The lowest BCUT2D eigenvalue weighted by Crippen LogP contribution is -2.39. The minimum atomic E-state index is -0.307. The standard InChI is InChI=1S/C22H23N3O3S/c1-2-28-18-11-5-3-8-15(18)21(27)23-14-20(26)25-13-7-10-17(25)22-24-16-9-4-6-12-19(16)29-22/h3-6,8-9,11-12,17H,2,7,10,13-14H2,1H3,(H,23,27). The van der Waals surface area contributed by atoms with Gasteiger partial charge in [0, 0.05) is 6.54 Å². The number of para-hydroxylation sites is 2. The van der Waals surface area contributed by atoms with E-state index in [9.17, 15) is 9.59 Å².